The molecule has 6 nitrogen and oxygen atoms in total. The highest BCUT2D eigenvalue weighted by atomic mass is 19.1. The van der Waals surface area contributed by atoms with Crippen LogP contribution in [-0.4, -0.2) is 30.1 Å². The molecule has 20 heavy (non-hydrogen) atoms. The van der Waals surface area contributed by atoms with Gasteiger partial charge in [0.15, 0.2) is 0 Å². The van der Waals surface area contributed by atoms with E-state index in [0.717, 1.165) is 0 Å². The lowest BCUT2D eigenvalue weighted by Crippen LogP contribution is -2.38. The first-order valence-electron chi connectivity index (χ1n) is 6.13. The normalized spacial score (nSPS) is 12.8. The maximum atomic E-state index is 13.7. The van der Waals surface area contributed by atoms with Crippen LogP contribution in [0.5, 0.6) is 5.75 Å². The number of nitrogens with two attached hydrogens (primary N) is 1. The second-order valence-electron chi connectivity index (χ2n) is 4.19. The second kappa shape index (κ2) is 7.32. The molecule has 1 aromatic carbocycles. The maximum absolute atomic E-state index is 13.7. The van der Waals surface area contributed by atoms with E-state index in [1.807, 2.05) is 6.92 Å². The van der Waals surface area contributed by atoms with Crippen LogP contribution in [-0.2, 0) is 0 Å². The number of halogens is 1. The van der Waals surface area contributed by atoms with E-state index in [-0.39, 0.29) is 29.6 Å². The molecule has 0 heterocycles. The van der Waals surface area contributed by atoms with Crippen molar-refractivity contribution < 1.29 is 19.1 Å². The third-order valence-corrected chi connectivity index (χ3v) is 2.83. The predicted octanol–water partition coefficient (Wildman–Crippen LogP) is 1.48. The standard InChI is InChI=1S/C13H18FN3O3/c1-3-8(7-11(15)17-19)16-13(18)12-9(14)5-4-6-10(12)20-2/h4-6,8,19H,3,7H2,1-2H3,(H2,15,17)(H,16,18). The molecule has 1 rings (SSSR count). The summed E-state index contributed by atoms with van der Waals surface area (Å²) in [7, 11) is 1.36. The van der Waals surface area contributed by atoms with E-state index in [4.69, 9.17) is 15.7 Å². The number of carbonyl (C=O) groups excluding carboxylic acids is 1. The van der Waals surface area contributed by atoms with Gasteiger partial charge in [-0.25, -0.2) is 4.39 Å². The van der Waals surface area contributed by atoms with Crippen molar-refractivity contribution in [1.29, 1.82) is 0 Å². The first-order chi connectivity index (χ1) is 9.53. The summed E-state index contributed by atoms with van der Waals surface area (Å²) in [5.41, 5.74) is 5.24. The number of amides is 1. The molecule has 1 amide bonds. The van der Waals surface area contributed by atoms with Crippen LogP contribution in [0.3, 0.4) is 0 Å². The van der Waals surface area contributed by atoms with Gasteiger partial charge in [-0.3, -0.25) is 4.79 Å². The van der Waals surface area contributed by atoms with Crippen LogP contribution in [0.25, 0.3) is 0 Å². The Morgan fingerprint density at radius 2 is 2.30 bits per heavy atom. The molecule has 1 unspecified atom stereocenters. The fraction of sp³-hybridized carbons (Fsp3) is 0.385. The Bertz CT molecular complexity index is 506. The highest BCUT2D eigenvalue weighted by molar-refractivity contribution is 5.97. The van der Waals surface area contributed by atoms with Crippen molar-refractivity contribution in [1.82, 2.24) is 5.32 Å². The van der Waals surface area contributed by atoms with Gasteiger partial charge in [-0.1, -0.05) is 18.1 Å². The van der Waals surface area contributed by atoms with E-state index in [1.54, 1.807) is 0 Å². The lowest BCUT2D eigenvalue weighted by molar-refractivity contribution is 0.0929. The zero-order valence-electron chi connectivity index (χ0n) is 11.4. The van der Waals surface area contributed by atoms with Gasteiger partial charge < -0.3 is 21.0 Å². The number of rotatable bonds is 6. The van der Waals surface area contributed by atoms with Gasteiger partial charge >= 0.3 is 0 Å². The number of ether oxygens (including phenoxy) is 1. The van der Waals surface area contributed by atoms with Crippen LogP contribution >= 0.6 is 0 Å². The van der Waals surface area contributed by atoms with Gasteiger partial charge in [0.1, 0.15) is 23.0 Å². The molecule has 0 spiro atoms. The zero-order chi connectivity index (χ0) is 15.1. The van der Waals surface area contributed by atoms with Crippen LogP contribution in [0.4, 0.5) is 4.39 Å². The summed E-state index contributed by atoms with van der Waals surface area (Å²) < 4.78 is 18.7. The Morgan fingerprint density at radius 1 is 1.60 bits per heavy atom. The van der Waals surface area contributed by atoms with Crippen molar-refractivity contribution in [2.75, 3.05) is 7.11 Å². The second-order valence-corrected chi connectivity index (χ2v) is 4.19. The largest absolute Gasteiger partial charge is 0.496 e. The molecule has 4 N–H and O–H groups in total. The van der Waals surface area contributed by atoms with Crippen molar-refractivity contribution >= 4 is 11.7 Å². The highest BCUT2D eigenvalue weighted by Crippen LogP contribution is 2.21. The van der Waals surface area contributed by atoms with Gasteiger partial charge in [0.05, 0.1) is 7.11 Å². The molecule has 0 bridgehead atoms. The highest BCUT2D eigenvalue weighted by Gasteiger charge is 2.20. The number of carbonyl (C=O) groups is 1. The number of methoxy groups -OCH3 is 1. The van der Waals surface area contributed by atoms with Crippen molar-refractivity contribution in [3.63, 3.8) is 0 Å². The van der Waals surface area contributed by atoms with E-state index < -0.39 is 11.7 Å². The molecule has 0 saturated carbocycles. The van der Waals surface area contributed by atoms with E-state index in [0.29, 0.717) is 6.42 Å². The summed E-state index contributed by atoms with van der Waals surface area (Å²) in [6, 6.07) is 3.78. The van der Waals surface area contributed by atoms with Crippen LogP contribution in [0.1, 0.15) is 30.1 Å². The topological polar surface area (TPSA) is 96.9 Å². The number of benzene rings is 1. The van der Waals surface area contributed by atoms with Gasteiger partial charge in [0.25, 0.3) is 5.91 Å². The van der Waals surface area contributed by atoms with Gasteiger partial charge in [-0.05, 0) is 18.6 Å². The fourth-order valence-electron chi connectivity index (χ4n) is 1.74. The molecule has 7 heteroatoms. The third kappa shape index (κ3) is 3.84. The summed E-state index contributed by atoms with van der Waals surface area (Å²) in [5, 5.41) is 14.0. The summed E-state index contributed by atoms with van der Waals surface area (Å²) in [6.45, 7) is 1.83. The van der Waals surface area contributed by atoms with Crippen LogP contribution in [0, 0.1) is 5.82 Å². The first kappa shape index (κ1) is 15.7. The zero-order valence-corrected chi connectivity index (χ0v) is 11.4. The molecule has 0 fully saturated rings. The molecule has 0 saturated heterocycles. The lowest BCUT2D eigenvalue weighted by atomic mass is 10.1. The van der Waals surface area contributed by atoms with Crippen LogP contribution < -0.4 is 15.8 Å². The Kier molecular flexibility index (Phi) is 5.76. The minimum Gasteiger partial charge on any atom is -0.496 e. The SMILES string of the molecule is CCC(CC(N)=NO)NC(=O)c1c(F)cccc1OC. The monoisotopic (exact) mass is 283 g/mol. The summed E-state index contributed by atoms with van der Waals surface area (Å²) >= 11 is 0. The van der Waals surface area contributed by atoms with Gasteiger partial charge in [0.2, 0.25) is 0 Å². The Labute approximate surface area is 116 Å². The van der Waals surface area contributed by atoms with E-state index in [1.165, 1.54) is 25.3 Å². The minimum absolute atomic E-state index is 0.00218. The average molecular weight is 283 g/mol. The van der Waals surface area contributed by atoms with Crippen molar-refractivity contribution in [2.24, 2.45) is 10.9 Å². The first-order valence-corrected chi connectivity index (χ1v) is 6.13. The van der Waals surface area contributed by atoms with Crippen molar-refractivity contribution in [2.45, 2.75) is 25.8 Å². The summed E-state index contributed by atoms with van der Waals surface area (Å²) in [5.74, 6) is -1.11. The number of oxime groups is 1. The molecule has 1 aromatic rings. The fourth-order valence-corrected chi connectivity index (χ4v) is 1.74. The molecule has 110 valence electrons. The molecule has 0 aromatic heterocycles. The average Bonchev–Trinajstić information content (AvgIpc) is 2.45. The lowest BCUT2D eigenvalue weighted by Gasteiger charge is -2.17. The number of amidine groups is 1. The molecule has 1 atom stereocenters. The van der Waals surface area contributed by atoms with Gasteiger partial charge in [0, 0.05) is 12.5 Å². The van der Waals surface area contributed by atoms with Gasteiger partial charge in [-0.15, -0.1) is 0 Å². The van der Waals surface area contributed by atoms with E-state index >= 15 is 0 Å². The molecule has 0 aliphatic heterocycles. The van der Waals surface area contributed by atoms with Crippen LogP contribution in [0.15, 0.2) is 23.4 Å². The maximum Gasteiger partial charge on any atom is 0.258 e. The smallest absolute Gasteiger partial charge is 0.258 e. The number of nitrogens with zero attached hydrogens (tertiary/aromatic N) is 1. The molecule has 0 radical (unpaired) electrons. The van der Waals surface area contributed by atoms with E-state index in [9.17, 15) is 9.18 Å². The Hall–Kier alpha value is -2.31. The number of hydrogen-bond acceptors (Lipinski definition) is 4. The molecular formula is C13H18FN3O3. The quantitative estimate of drug-likeness (QED) is 0.319. The van der Waals surface area contributed by atoms with Gasteiger partial charge in [-0.2, -0.15) is 0 Å². The third-order valence-electron chi connectivity index (χ3n) is 2.83. The predicted molar refractivity (Wildman–Crippen MR) is 72.5 cm³/mol. The van der Waals surface area contributed by atoms with Crippen molar-refractivity contribution in [3.8, 4) is 5.75 Å². The minimum atomic E-state index is -0.666. The molecular weight excluding hydrogens is 265 g/mol. The summed E-state index contributed by atoms with van der Waals surface area (Å²) in [4.78, 5) is 12.1. The molecule has 0 aliphatic rings. The Balaban J connectivity index is 2.90. The van der Waals surface area contributed by atoms with E-state index in [2.05, 4.69) is 10.5 Å². The summed E-state index contributed by atoms with van der Waals surface area (Å²) in [6.07, 6.45) is 0.730. The number of hydrogen-bond donors (Lipinski definition) is 3. The van der Waals surface area contributed by atoms with Crippen LogP contribution in [0.2, 0.25) is 0 Å². The Morgan fingerprint density at radius 3 is 2.85 bits per heavy atom. The molecule has 0 aliphatic carbocycles. The number of nitrogens with one attached hydrogen (secondary N) is 1. The van der Waals surface area contributed by atoms with Crippen molar-refractivity contribution in [3.05, 3.63) is 29.6 Å².